The number of hydrogen-bond acceptors (Lipinski definition) is 4. The second-order valence-electron chi connectivity index (χ2n) is 5.31. The molecule has 0 aliphatic carbocycles. The monoisotopic (exact) mass is 316 g/mol. The number of carbonyl (C=O) groups is 1. The topological polar surface area (TPSA) is 72.2 Å². The molecular weight excluding hydrogens is 304 g/mol. The lowest BCUT2D eigenvalue weighted by atomic mass is 10.2. The SMILES string of the molecule is O=C(Nc1cccc2cccnc12)c1cc(=O)c2ccccc2o1. The summed E-state index contributed by atoms with van der Waals surface area (Å²) in [6.45, 7) is 0. The van der Waals surface area contributed by atoms with Gasteiger partial charge in [0.2, 0.25) is 0 Å². The van der Waals surface area contributed by atoms with Crippen LogP contribution < -0.4 is 10.7 Å². The molecule has 5 heteroatoms. The van der Waals surface area contributed by atoms with Crippen molar-refractivity contribution in [2.75, 3.05) is 5.32 Å². The highest BCUT2D eigenvalue weighted by atomic mass is 16.3. The van der Waals surface area contributed by atoms with Crippen molar-refractivity contribution in [2.45, 2.75) is 0 Å². The van der Waals surface area contributed by atoms with Gasteiger partial charge in [-0.1, -0.05) is 30.3 Å². The van der Waals surface area contributed by atoms with Crippen LogP contribution in [0, 0.1) is 0 Å². The number of hydrogen-bond donors (Lipinski definition) is 1. The lowest BCUT2D eigenvalue weighted by Crippen LogP contribution is -2.15. The summed E-state index contributed by atoms with van der Waals surface area (Å²) in [5.41, 5.74) is 1.37. The van der Waals surface area contributed by atoms with E-state index in [2.05, 4.69) is 10.3 Å². The molecule has 1 N–H and O–H groups in total. The van der Waals surface area contributed by atoms with E-state index >= 15 is 0 Å². The zero-order valence-electron chi connectivity index (χ0n) is 12.5. The van der Waals surface area contributed by atoms with Crippen LogP contribution in [0.25, 0.3) is 21.9 Å². The number of nitrogens with one attached hydrogen (secondary N) is 1. The Morgan fingerprint density at radius 2 is 1.83 bits per heavy atom. The van der Waals surface area contributed by atoms with Gasteiger partial charge in [0.25, 0.3) is 5.91 Å². The van der Waals surface area contributed by atoms with E-state index in [4.69, 9.17) is 4.42 Å². The van der Waals surface area contributed by atoms with Gasteiger partial charge in [-0.2, -0.15) is 0 Å². The van der Waals surface area contributed by atoms with Gasteiger partial charge in [0.15, 0.2) is 11.2 Å². The number of carbonyl (C=O) groups excluding carboxylic acids is 1. The second-order valence-corrected chi connectivity index (χ2v) is 5.31. The molecule has 2 heterocycles. The van der Waals surface area contributed by atoms with Crippen LogP contribution in [0.5, 0.6) is 0 Å². The van der Waals surface area contributed by atoms with E-state index in [1.807, 2.05) is 24.3 Å². The third kappa shape index (κ3) is 2.42. The van der Waals surface area contributed by atoms with Crippen LogP contribution in [0.2, 0.25) is 0 Å². The van der Waals surface area contributed by atoms with E-state index in [1.54, 1.807) is 36.5 Å². The van der Waals surface area contributed by atoms with Crippen molar-refractivity contribution in [1.29, 1.82) is 0 Å². The van der Waals surface area contributed by atoms with Crippen LogP contribution in [0.4, 0.5) is 5.69 Å². The van der Waals surface area contributed by atoms with Gasteiger partial charge in [-0.15, -0.1) is 0 Å². The number of para-hydroxylation sites is 2. The molecule has 0 aliphatic rings. The first-order chi connectivity index (χ1) is 11.7. The molecule has 1 amide bonds. The van der Waals surface area contributed by atoms with Gasteiger partial charge >= 0.3 is 0 Å². The normalized spacial score (nSPS) is 10.8. The number of aromatic nitrogens is 1. The smallest absolute Gasteiger partial charge is 0.291 e. The molecule has 0 fully saturated rings. The van der Waals surface area contributed by atoms with Gasteiger partial charge in [0.05, 0.1) is 16.6 Å². The maximum Gasteiger partial charge on any atom is 0.291 e. The largest absolute Gasteiger partial charge is 0.451 e. The summed E-state index contributed by atoms with van der Waals surface area (Å²) in [5.74, 6) is -0.525. The molecule has 0 saturated carbocycles. The predicted octanol–water partition coefficient (Wildman–Crippen LogP) is 3.59. The molecule has 0 radical (unpaired) electrons. The Morgan fingerprint density at radius 3 is 2.75 bits per heavy atom. The van der Waals surface area contributed by atoms with Crippen LogP contribution in [0.15, 0.2) is 76.1 Å². The average Bonchev–Trinajstić information content (AvgIpc) is 2.62. The quantitative estimate of drug-likeness (QED) is 0.613. The van der Waals surface area contributed by atoms with Crippen LogP contribution in [-0.4, -0.2) is 10.9 Å². The molecule has 116 valence electrons. The molecule has 24 heavy (non-hydrogen) atoms. The van der Waals surface area contributed by atoms with Crippen molar-refractivity contribution >= 4 is 33.5 Å². The summed E-state index contributed by atoms with van der Waals surface area (Å²) < 4.78 is 5.56. The van der Waals surface area contributed by atoms with Crippen LogP contribution in [-0.2, 0) is 0 Å². The number of anilines is 1. The first kappa shape index (κ1) is 14.1. The second kappa shape index (κ2) is 5.62. The highest BCUT2D eigenvalue weighted by Crippen LogP contribution is 2.21. The zero-order chi connectivity index (χ0) is 16.5. The standard InChI is InChI=1S/C19H12N2O3/c22-15-11-17(24-16-9-2-1-7-13(15)16)19(23)21-14-8-3-5-12-6-4-10-20-18(12)14/h1-11H,(H,21,23). The molecule has 0 aliphatic heterocycles. The predicted molar refractivity (Wildman–Crippen MR) is 92.2 cm³/mol. The molecule has 0 saturated heterocycles. The van der Waals surface area contributed by atoms with Gasteiger partial charge < -0.3 is 9.73 Å². The number of amides is 1. The number of nitrogens with zero attached hydrogens (tertiary/aromatic N) is 1. The van der Waals surface area contributed by atoms with Gasteiger partial charge in [-0.05, 0) is 24.3 Å². The number of benzene rings is 2. The summed E-state index contributed by atoms with van der Waals surface area (Å²) in [5, 5.41) is 4.12. The zero-order valence-corrected chi connectivity index (χ0v) is 12.5. The Bertz CT molecular complexity index is 1130. The molecule has 0 unspecified atom stereocenters. The maximum atomic E-state index is 12.5. The van der Waals surface area contributed by atoms with Gasteiger partial charge in [0.1, 0.15) is 5.58 Å². The van der Waals surface area contributed by atoms with E-state index in [9.17, 15) is 9.59 Å². The highest BCUT2D eigenvalue weighted by Gasteiger charge is 2.14. The molecule has 0 bridgehead atoms. The van der Waals surface area contributed by atoms with Crippen molar-refractivity contribution in [3.8, 4) is 0 Å². The highest BCUT2D eigenvalue weighted by molar-refractivity contribution is 6.07. The van der Waals surface area contributed by atoms with Crippen LogP contribution >= 0.6 is 0 Å². The summed E-state index contributed by atoms with van der Waals surface area (Å²) in [4.78, 5) is 28.9. The van der Waals surface area contributed by atoms with E-state index in [1.165, 1.54) is 6.07 Å². The van der Waals surface area contributed by atoms with E-state index < -0.39 is 5.91 Å². The molecule has 0 spiro atoms. The minimum Gasteiger partial charge on any atom is -0.451 e. The first-order valence-electron chi connectivity index (χ1n) is 7.40. The Hall–Kier alpha value is -3.47. The molecule has 2 aromatic carbocycles. The fraction of sp³-hybridized carbons (Fsp3) is 0. The number of pyridine rings is 1. The number of rotatable bonds is 2. The lowest BCUT2D eigenvalue weighted by molar-refractivity contribution is 0.0997. The first-order valence-corrected chi connectivity index (χ1v) is 7.40. The third-order valence-corrected chi connectivity index (χ3v) is 3.74. The van der Waals surface area contributed by atoms with Crippen LogP contribution in [0.3, 0.4) is 0 Å². The Kier molecular flexibility index (Phi) is 3.31. The summed E-state index contributed by atoms with van der Waals surface area (Å²) in [7, 11) is 0. The van der Waals surface area contributed by atoms with Crippen molar-refractivity contribution in [2.24, 2.45) is 0 Å². The average molecular weight is 316 g/mol. The third-order valence-electron chi connectivity index (χ3n) is 3.74. The van der Waals surface area contributed by atoms with Crippen molar-refractivity contribution in [1.82, 2.24) is 4.98 Å². The summed E-state index contributed by atoms with van der Waals surface area (Å²) >= 11 is 0. The Labute approximate surface area is 136 Å². The van der Waals surface area contributed by atoms with Crippen molar-refractivity contribution < 1.29 is 9.21 Å². The molecule has 2 aromatic heterocycles. The van der Waals surface area contributed by atoms with Gasteiger partial charge in [0, 0.05) is 17.6 Å². The van der Waals surface area contributed by atoms with E-state index in [-0.39, 0.29) is 11.2 Å². The molecule has 4 aromatic rings. The minimum absolute atomic E-state index is 0.0355. The van der Waals surface area contributed by atoms with Crippen LogP contribution in [0.1, 0.15) is 10.6 Å². The molecule has 4 rings (SSSR count). The lowest BCUT2D eigenvalue weighted by Gasteiger charge is -2.07. The number of fused-ring (bicyclic) bond motifs is 2. The van der Waals surface area contributed by atoms with E-state index in [0.717, 1.165) is 5.39 Å². The van der Waals surface area contributed by atoms with Gasteiger partial charge in [-0.3, -0.25) is 14.6 Å². The van der Waals surface area contributed by atoms with Gasteiger partial charge in [-0.25, -0.2) is 0 Å². The molecule has 5 nitrogen and oxygen atoms in total. The Morgan fingerprint density at radius 1 is 1.00 bits per heavy atom. The Balaban J connectivity index is 1.75. The fourth-order valence-electron chi connectivity index (χ4n) is 2.60. The van der Waals surface area contributed by atoms with Crippen molar-refractivity contribution in [3.63, 3.8) is 0 Å². The summed E-state index contributed by atoms with van der Waals surface area (Å²) in [6, 6.07) is 17.3. The minimum atomic E-state index is -0.490. The van der Waals surface area contributed by atoms with E-state index in [0.29, 0.717) is 22.2 Å². The summed E-state index contributed by atoms with van der Waals surface area (Å²) in [6.07, 6.45) is 1.66. The van der Waals surface area contributed by atoms with Crippen molar-refractivity contribution in [3.05, 3.63) is 82.8 Å². The molecular formula is C19H12N2O3. The fourth-order valence-corrected chi connectivity index (χ4v) is 2.60. The maximum absolute atomic E-state index is 12.5. The molecule has 0 atom stereocenters.